The van der Waals surface area contributed by atoms with Crippen LogP contribution in [0, 0.1) is 19.8 Å². The predicted octanol–water partition coefficient (Wildman–Crippen LogP) is 3.93. The second-order valence-electron chi connectivity index (χ2n) is 8.63. The average Bonchev–Trinajstić information content (AvgIpc) is 2.72. The van der Waals surface area contributed by atoms with Gasteiger partial charge >= 0.3 is 0 Å². The summed E-state index contributed by atoms with van der Waals surface area (Å²) in [4.78, 5) is 40.2. The molecule has 0 aliphatic carbocycles. The molecule has 2 aromatic rings. The van der Waals surface area contributed by atoms with Crippen molar-refractivity contribution in [2.75, 3.05) is 18.4 Å². The Morgan fingerprint density at radius 3 is 2.39 bits per heavy atom. The van der Waals surface area contributed by atoms with E-state index in [0.29, 0.717) is 36.3 Å². The van der Waals surface area contributed by atoms with Gasteiger partial charge in [-0.3, -0.25) is 14.4 Å². The van der Waals surface area contributed by atoms with Crippen LogP contribution in [0.25, 0.3) is 0 Å². The van der Waals surface area contributed by atoms with Crippen LogP contribution in [0.3, 0.4) is 0 Å². The van der Waals surface area contributed by atoms with Gasteiger partial charge in [0.15, 0.2) is 0 Å². The maximum absolute atomic E-state index is 13.0. The van der Waals surface area contributed by atoms with E-state index in [9.17, 15) is 14.4 Å². The van der Waals surface area contributed by atoms with E-state index in [4.69, 9.17) is 0 Å². The number of amides is 3. The van der Waals surface area contributed by atoms with E-state index >= 15 is 0 Å². The quantitative estimate of drug-likeness (QED) is 0.768. The highest BCUT2D eigenvalue weighted by Gasteiger charge is 2.29. The Morgan fingerprint density at radius 1 is 1.03 bits per heavy atom. The Balaban J connectivity index is 1.71. The van der Waals surface area contributed by atoms with E-state index in [2.05, 4.69) is 10.6 Å². The number of anilines is 1. The molecule has 2 N–H and O–H groups in total. The maximum atomic E-state index is 13.0. The van der Waals surface area contributed by atoms with Gasteiger partial charge in [-0.25, -0.2) is 0 Å². The first-order chi connectivity index (χ1) is 14.7. The molecule has 1 saturated heterocycles. The van der Waals surface area contributed by atoms with Gasteiger partial charge in [-0.05, 0) is 64.8 Å². The third-order valence-corrected chi connectivity index (χ3v) is 5.40. The molecule has 6 nitrogen and oxygen atoms in total. The number of rotatable bonds is 5. The van der Waals surface area contributed by atoms with Crippen molar-refractivity contribution in [2.24, 2.45) is 5.92 Å². The molecule has 3 rings (SSSR count). The molecule has 6 heteroatoms. The number of nitrogens with zero attached hydrogens (tertiary/aromatic N) is 1. The number of piperidine rings is 1. The zero-order chi connectivity index (χ0) is 22.5. The topological polar surface area (TPSA) is 78.5 Å². The van der Waals surface area contributed by atoms with Crippen molar-refractivity contribution >= 4 is 23.4 Å². The molecule has 31 heavy (non-hydrogen) atoms. The summed E-state index contributed by atoms with van der Waals surface area (Å²) in [5, 5.41) is 5.77. The molecule has 3 amide bonds. The second kappa shape index (κ2) is 9.77. The predicted molar refractivity (Wildman–Crippen MR) is 122 cm³/mol. The number of aryl methyl sites for hydroxylation is 2. The van der Waals surface area contributed by atoms with Crippen LogP contribution in [0.1, 0.15) is 58.5 Å². The third-order valence-electron chi connectivity index (χ3n) is 5.40. The van der Waals surface area contributed by atoms with Crippen LogP contribution in [0.15, 0.2) is 42.5 Å². The zero-order valence-corrected chi connectivity index (χ0v) is 18.7. The van der Waals surface area contributed by atoms with Crippen LogP contribution < -0.4 is 10.6 Å². The van der Waals surface area contributed by atoms with Crippen molar-refractivity contribution < 1.29 is 14.4 Å². The first kappa shape index (κ1) is 22.5. The first-order valence-electron chi connectivity index (χ1n) is 10.8. The van der Waals surface area contributed by atoms with Gasteiger partial charge in [-0.1, -0.05) is 29.3 Å². The van der Waals surface area contributed by atoms with Gasteiger partial charge < -0.3 is 15.5 Å². The van der Waals surface area contributed by atoms with Crippen molar-refractivity contribution in [1.82, 2.24) is 10.2 Å². The van der Waals surface area contributed by atoms with Crippen LogP contribution in [0.4, 0.5) is 5.69 Å². The highest BCUT2D eigenvalue weighted by atomic mass is 16.2. The minimum Gasteiger partial charge on any atom is -0.350 e. The smallest absolute Gasteiger partial charge is 0.253 e. The Hall–Kier alpha value is -3.15. The monoisotopic (exact) mass is 421 g/mol. The van der Waals surface area contributed by atoms with Gasteiger partial charge in [-0.15, -0.1) is 0 Å². The molecule has 1 aliphatic rings. The number of benzene rings is 2. The van der Waals surface area contributed by atoms with E-state index in [1.807, 2.05) is 45.9 Å². The van der Waals surface area contributed by atoms with Gasteiger partial charge in [0, 0.05) is 24.7 Å². The Kier molecular flexibility index (Phi) is 7.10. The van der Waals surface area contributed by atoms with Gasteiger partial charge in [0.2, 0.25) is 5.91 Å². The number of para-hydroxylation sites is 1. The van der Waals surface area contributed by atoms with Crippen molar-refractivity contribution in [3.05, 3.63) is 64.7 Å². The number of hydrogen-bond donors (Lipinski definition) is 2. The zero-order valence-electron chi connectivity index (χ0n) is 18.7. The summed E-state index contributed by atoms with van der Waals surface area (Å²) in [5.41, 5.74) is 3.68. The molecular weight excluding hydrogens is 390 g/mol. The van der Waals surface area contributed by atoms with Crippen molar-refractivity contribution in [3.63, 3.8) is 0 Å². The molecule has 0 spiro atoms. The minimum absolute atomic E-state index is 0.000525. The lowest BCUT2D eigenvalue weighted by Crippen LogP contribution is -2.44. The van der Waals surface area contributed by atoms with Crippen molar-refractivity contribution in [3.8, 4) is 0 Å². The fourth-order valence-corrected chi connectivity index (χ4v) is 4.02. The van der Waals surface area contributed by atoms with Crippen LogP contribution in [0.2, 0.25) is 0 Å². The summed E-state index contributed by atoms with van der Waals surface area (Å²) in [6.45, 7) is 8.75. The summed E-state index contributed by atoms with van der Waals surface area (Å²) < 4.78 is 0. The molecule has 1 heterocycles. The molecule has 0 bridgehead atoms. The molecule has 2 aromatic carbocycles. The molecule has 0 radical (unpaired) electrons. The highest BCUT2D eigenvalue weighted by molar-refractivity contribution is 6.04. The van der Waals surface area contributed by atoms with Gasteiger partial charge in [-0.2, -0.15) is 0 Å². The fourth-order valence-electron chi connectivity index (χ4n) is 4.02. The third kappa shape index (κ3) is 5.72. The average molecular weight is 422 g/mol. The standard InChI is InChI=1S/C25H31N3O3/c1-16(2)26-24(30)21-9-5-6-10-22(21)27-23(29)19-8-7-11-28(15-19)25(31)20-13-17(3)12-18(4)14-20/h5-6,9-10,12-14,16,19H,7-8,11,15H2,1-4H3,(H,26,30)(H,27,29). The van der Waals surface area contributed by atoms with E-state index in [1.54, 1.807) is 29.2 Å². The van der Waals surface area contributed by atoms with Gasteiger partial charge in [0.25, 0.3) is 11.8 Å². The second-order valence-corrected chi connectivity index (χ2v) is 8.63. The normalized spacial score (nSPS) is 16.2. The van der Waals surface area contributed by atoms with Crippen LogP contribution in [-0.4, -0.2) is 41.8 Å². The van der Waals surface area contributed by atoms with E-state index < -0.39 is 0 Å². The molecule has 0 aromatic heterocycles. The highest BCUT2D eigenvalue weighted by Crippen LogP contribution is 2.23. The molecule has 1 unspecified atom stereocenters. The first-order valence-corrected chi connectivity index (χ1v) is 10.8. The number of nitrogens with one attached hydrogen (secondary N) is 2. The Labute approximate surface area is 184 Å². The maximum Gasteiger partial charge on any atom is 0.253 e. The fraction of sp³-hybridized carbons (Fsp3) is 0.400. The van der Waals surface area contributed by atoms with Crippen molar-refractivity contribution in [1.29, 1.82) is 0 Å². The van der Waals surface area contributed by atoms with Gasteiger partial charge in [0.05, 0.1) is 17.2 Å². The van der Waals surface area contributed by atoms with Crippen LogP contribution in [0.5, 0.6) is 0 Å². The summed E-state index contributed by atoms with van der Waals surface area (Å²) in [7, 11) is 0. The molecular formula is C25H31N3O3. The number of carbonyl (C=O) groups is 3. The van der Waals surface area contributed by atoms with Crippen LogP contribution in [-0.2, 0) is 4.79 Å². The lowest BCUT2D eigenvalue weighted by atomic mass is 9.95. The van der Waals surface area contributed by atoms with E-state index in [1.165, 1.54) is 0 Å². The van der Waals surface area contributed by atoms with Gasteiger partial charge in [0.1, 0.15) is 0 Å². The molecule has 1 atom stereocenters. The molecule has 164 valence electrons. The Bertz CT molecular complexity index is 963. The number of likely N-dealkylation sites (tertiary alicyclic amines) is 1. The lowest BCUT2D eigenvalue weighted by molar-refractivity contribution is -0.121. The summed E-state index contributed by atoms with van der Waals surface area (Å²) in [6, 6.07) is 12.8. The minimum atomic E-state index is -0.315. The number of hydrogen-bond acceptors (Lipinski definition) is 3. The molecule has 1 fully saturated rings. The van der Waals surface area contributed by atoms with Crippen LogP contribution >= 0.6 is 0 Å². The van der Waals surface area contributed by atoms with E-state index in [-0.39, 0.29) is 29.7 Å². The largest absolute Gasteiger partial charge is 0.350 e. The summed E-state index contributed by atoms with van der Waals surface area (Å²) in [6.07, 6.45) is 1.48. The lowest BCUT2D eigenvalue weighted by Gasteiger charge is -2.32. The van der Waals surface area contributed by atoms with E-state index in [0.717, 1.165) is 17.5 Å². The Morgan fingerprint density at radius 2 is 1.71 bits per heavy atom. The summed E-state index contributed by atoms with van der Waals surface area (Å²) >= 11 is 0. The SMILES string of the molecule is Cc1cc(C)cc(C(=O)N2CCCC(C(=O)Nc3ccccc3C(=O)NC(C)C)C2)c1. The summed E-state index contributed by atoms with van der Waals surface area (Å²) in [5.74, 6) is -0.741. The molecule has 0 saturated carbocycles. The molecule has 1 aliphatic heterocycles. The number of carbonyl (C=O) groups excluding carboxylic acids is 3. The van der Waals surface area contributed by atoms with Crippen molar-refractivity contribution in [2.45, 2.75) is 46.6 Å².